The van der Waals surface area contributed by atoms with Crippen LogP contribution in [0.25, 0.3) is 10.1 Å². The first-order valence-electron chi connectivity index (χ1n) is 10.1. The van der Waals surface area contributed by atoms with Crippen molar-refractivity contribution in [2.45, 2.75) is 4.21 Å². The fraction of sp³-hybridized carbons (Fsp3) is 0.238. The Labute approximate surface area is 205 Å². The second kappa shape index (κ2) is 11.2. The van der Waals surface area contributed by atoms with Crippen LogP contribution in [-0.4, -0.2) is 52.9 Å². The number of rotatable bonds is 11. The van der Waals surface area contributed by atoms with Crippen molar-refractivity contribution < 1.29 is 36.1 Å². The molecular formula is C21H22FN4O6PS2. The number of thiophene rings is 1. The van der Waals surface area contributed by atoms with Crippen LogP contribution >= 0.6 is 18.9 Å². The lowest BCUT2D eigenvalue weighted by Gasteiger charge is -2.24. The molecule has 0 radical (unpaired) electrons. The van der Waals surface area contributed by atoms with E-state index in [-0.39, 0.29) is 33.8 Å². The van der Waals surface area contributed by atoms with Crippen molar-refractivity contribution in [2.75, 3.05) is 33.5 Å². The summed E-state index contributed by atoms with van der Waals surface area (Å²) in [5.74, 6) is -1.05. The van der Waals surface area contributed by atoms with Crippen molar-refractivity contribution in [2.24, 2.45) is 0 Å². The quantitative estimate of drug-likeness (QED) is 0.124. The van der Waals surface area contributed by atoms with Crippen LogP contribution in [0.4, 0.5) is 4.39 Å². The summed E-state index contributed by atoms with van der Waals surface area (Å²) in [4.78, 5) is 12.2. The number of halogens is 1. The number of fused-ring (bicyclic) bond motifs is 1. The molecule has 1 heterocycles. The maximum Gasteiger partial charge on any atom is 0.253 e. The van der Waals surface area contributed by atoms with Crippen molar-refractivity contribution in [3.8, 4) is 17.6 Å². The van der Waals surface area contributed by atoms with Crippen molar-refractivity contribution in [1.29, 1.82) is 5.26 Å². The van der Waals surface area contributed by atoms with Crippen molar-refractivity contribution in [3.63, 3.8) is 0 Å². The number of ether oxygens (including phenoxy) is 1. The minimum absolute atomic E-state index is 0.0130. The van der Waals surface area contributed by atoms with E-state index in [9.17, 15) is 23.1 Å². The third-order valence-electron chi connectivity index (χ3n) is 4.38. The van der Waals surface area contributed by atoms with Crippen LogP contribution in [0, 0.1) is 17.1 Å². The van der Waals surface area contributed by atoms with Gasteiger partial charge in [-0.3, -0.25) is 14.5 Å². The van der Waals surface area contributed by atoms with Crippen LogP contribution in [0.1, 0.15) is 5.56 Å². The van der Waals surface area contributed by atoms with E-state index in [1.165, 1.54) is 24.3 Å². The Morgan fingerprint density at radius 3 is 2.63 bits per heavy atom. The number of benzene rings is 2. The highest BCUT2D eigenvalue weighted by atomic mass is 32.2. The highest BCUT2D eigenvalue weighted by molar-refractivity contribution is 7.92. The number of nitriles is 1. The van der Waals surface area contributed by atoms with Crippen LogP contribution in [0.5, 0.6) is 11.5 Å². The van der Waals surface area contributed by atoms with Gasteiger partial charge in [0, 0.05) is 4.70 Å². The van der Waals surface area contributed by atoms with Crippen LogP contribution < -0.4 is 24.2 Å². The van der Waals surface area contributed by atoms with Gasteiger partial charge in [-0.15, -0.1) is 11.3 Å². The van der Waals surface area contributed by atoms with E-state index in [1.807, 2.05) is 24.9 Å². The molecule has 2 aromatic carbocycles. The van der Waals surface area contributed by atoms with E-state index in [1.54, 1.807) is 29.1 Å². The number of hydrogen-bond donors (Lipinski definition) is 2. The first-order valence-corrected chi connectivity index (χ1v) is 14.1. The predicted octanol–water partition coefficient (Wildman–Crippen LogP) is 2.05. The third-order valence-corrected chi connectivity index (χ3v) is 8.65. The summed E-state index contributed by atoms with van der Waals surface area (Å²) >= 11 is 0.571. The Morgan fingerprint density at radius 1 is 1.26 bits per heavy atom. The van der Waals surface area contributed by atoms with Gasteiger partial charge in [-0.2, -0.15) is 5.26 Å². The fourth-order valence-electron chi connectivity index (χ4n) is 2.89. The van der Waals surface area contributed by atoms with Crippen LogP contribution in [-0.2, 0) is 14.6 Å². The van der Waals surface area contributed by atoms with E-state index in [2.05, 4.69) is 5.32 Å². The smallest absolute Gasteiger partial charge is 0.253 e. The fourth-order valence-corrected chi connectivity index (χ4v) is 6.88. The number of nitrogens with zero attached hydrogens (tertiary/aromatic N) is 2. The molecule has 1 unspecified atom stereocenters. The lowest BCUT2D eigenvalue weighted by Crippen LogP contribution is -2.29. The number of hydrogen-bond acceptors (Lipinski definition) is 8. The average Bonchev–Trinajstić information content (AvgIpc) is 3.15. The molecule has 0 aliphatic rings. The standard InChI is InChI=1S/C21H22FN4O6PS2/c1-26(2)13-24-10-11-31-17-8-9-18-19(16(17)12-23)20(22)21(34-18)35(29,30)25-14-33(27,28)32-15-6-4-3-5-7-15/h3-9,13,25H,10-11,14H2,1-2H3,(H,27,28). The molecule has 3 aromatic rings. The van der Waals surface area contributed by atoms with Crippen LogP contribution in [0.2, 0.25) is 0 Å². The topological polar surface area (TPSA) is 144 Å². The number of sulfonamides is 1. The van der Waals surface area contributed by atoms with Gasteiger partial charge >= 0.3 is 0 Å². The molecule has 0 bridgehead atoms. The second-order valence-electron chi connectivity index (χ2n) is 7.34. The van der Waals surface area contributed by atoms with Gasteiger partial charge in [-0.1, -0.05) is 18.2 Å². The molecule has 0 amide bonds. The molecule has 0 aliphatic heterocycles. The lowest BCUT2D eigenvalue weighted by molar-refractivity contribution is -0.461. The minimum atomic E-state index is -4.67. The van der Waals surface area contributed by atoms with Gasteiger partial charge in [-0.05, 0) is 24.3 Å². The zero-order valence-electron chi connectivity index (χ0n) is 18.7. The van der Waals surface area contributed by atoms with Crippen LogP contribution in [0.15, 0.2) is 46.7 Å². The SMILES string of the molecule is C[N+](C)=CNCCOc1ccc2sc(S(=O)(=O)NCP(=O)([O-])Oc3ccccc3)c(F)c2c1C#N. The van der Waals surface area contributed by atoms with E-state index in [0.717, 1.165) is 0 Å². The van der Waals surface area contributed by atoms with Gasteiger partial charge in [-0.25, -0.2) is 17.5 Å². The monoisotopic (exact) mass is 540 g/mol. The van der Waals surface area contributed by atoms with Crippen molar-refractivity contribution in [3.05, 3.63) is 53.8 Å². The highest BCUT2D eigenvalue weighted by Crippen LogP contribution is 2.40. The van der Waals surface area contributed by atoms with Gasteiger partial charge in [0.25, 0.3) is 10.0 Å². The Balaban J connectivity index is 1.80. The third kappa shape index (κ3) is 6.78. The van der Waals surface area contributed by atoms with Gasteiger partial charge in [0.15, 0.2) is 17.6 Å². The zero-order valence-corrected chi connectivity index (χ0v) is 21.3. The molecule has 35 heavy (non-hydrogen) atoms. The second-order valence-corrected chi connectivity index (χ2v) is 12.1. The van der Waals surface area contributed by atoms with Gasteiger partial charge in [0.1, 0.15) is 36.3 Å². The minimum Gasteiger partial charge on any atom is -0.768 e. The largest absolute Gasteiger partial charge is 0.768 e. The maximum atomic E-state index is 15.2. The Morgan fingerprint density at radius 2 is 1.97 bits per heavy atom. The molecule has 3 rings (SSSR count). The molecule has 2 N–H and O–H groups in total. The molecule has 10 nitrogen and oxygen atoms in total. The molecule has 0 saturated heterocycles. The van der Waals surface area contributed by atoms with Crippen molar-refractivity contribution >= 4 is 45.4 Å². The van der Waals surface area contributed by atoms with Gasteiger partial charge in [0.05, 0.1) is 25.8 Å². The summed E-state index contributed by atoms with van der Waals surface area (Å²) < 4.78 is 66.4. The Kier molecular flexibility index (Phi) is 8.47. The van der Waals surface area contributed by atoms with Crippen molar-refractivity contribution in [1.82, 2.24) is 10.0 Å². The van der Waals surface area contributed by atoms with Gasteiger partial charge < -0.3 is 14.2 Å². The van der Waals surface area contributed by atoms with E-state index < -0.39 is 33.9 Å². The molecule has 0 spiro atoms. The summed E-state index contributed by atoms with van der Waals surface area (Å²) in [7, 11) is -5.58. The summed E-state index contributed by atoms with van der Waals surface area (Å²) in [6, 6.07) is 12.3. The van der Waals surface area contributed by atoms with E-state index in [4.69, 9.17) is 9.26 Å². The number of nitrogens with one attached hydrogen (secondary N) is 2. The average molecular weight is 541 g/mol. The zero-order chi connectivity index (χ0) is 25.6. The maximum absolute atomic E-state index is 15.2. The normalized spacial score (nSPS) is 13.0. The number of para-hydroxylation sites is 1. The Bertz CT molecular complexity index is 1430. The molecule has 0 fully saturated rings. The summed E-state index contributed by atoms with van der Waals surface area (Å²) in [5.41, 5.74) is -0.156. The molecule has 14 heteroatoms. The van der Waals surface area contributed by atoms with E-state index >= 15 is 4.39 Å². The first-order chi connectivity index (χ1) is 16.5. The first kappa shape index (κ1) is 26.6. The summed E-state index contributed by atoms with van der Waals surface area (Å²) in [5, 5.41) is 12.4. The molecule has 186 valence electrons. The highest BCUT2D eigenvalue weighted by Gasteiger charge is 2.28. The Hall–Kier alpha value is -3.01. The van der Waals surface area contributed by atoms with E-state index in [0.29, 0.717) is 17.9 Å². The molecule has 0 saturated carbocycles. The summed E-state index contributed by atoms with van der Waals surface area (Å²) in [6.07, 6.45) is 0.625. The molecule has 0 aliphatic carbocycles. The lowest BCUT2D eigenvalue weighted by atomic mass is 10.1. The van der Waals surface area contributed by atoms with Gasteiger partial charge in [0.2, 0.25) is 6.34 Å². The molecule has 1 atom stereocenters. The molecule has 1 aromatic heterocycles. The summed E-state index contributed by atoms with van der Waals surface area (Å²) in [6.45, 7) is 0.584. The molecular weight excluding hydrogens is 518 g/mol. The van der Waals surface area contributed by atoms with Crippen LogP contribution in [0.3, 0.4) is 0 Å². The predicted molar refractivity (Wildman–Crippen MR) is 128 cm³/mol.